The maximum absolute atomic E-state index is 9.33. The lowest BCUT2D eigenvalue weighted by atomic mass is 10.7. The maximum Gasteiger partial charge on any atom is 0.235 e. The van der Waals surface area contributed by atoms with Crippen molar-refractivity contribution in [2.24, 2.45) is 4.99 Å². The first-order valence-electron chi connectivity index (χ1n) is 2.40. The monoisotopic (exact) mass is 144 g/mol. The van der Waals surface area contributed by atoms with E-state index in [9.17, 15) is 4.79 Å². The van der Waals surface area contributed by atoms with Gasteiger partial charge in [-0.3, -0.25) is 0 Å². The maximum atomic E-state index is 9.33. The van der Waals surface area contributed by atoms with E-state index in [2.05, 4.69) is 9.73 Å². The van der Waals surface area contributed by atoms with Crippen molar-refractivity contribution in [3.8, 4) is 0 Å². The van der Waals surface area contributed by atoms with Crippen LogP contribution < -0.4 is 0 Å². The van der Waals surface area contributed by atoms with Gasteiger partial charge < -0.3 is 4.74 Å². The van der Waals surface area contributed by atoms with Gasteiger partial charge in [0.1, 0.15) is 0 Å². The van der Waals surface area contributed by atoms with E-state index in [1.165, 1.54) is 6.08 Å². The van der Waals surface area contributed by atoms with E-state index in [1.807, 2.05) is 0 Å². The van der Waals surface area contributed by atoms with Crippen LogP contribution in [0.4, 0.5) is 0 Å². The summed E-state index contributed by atoms with van der Waals surface area (Å²) in [5, 5.41) is 5.40. The van der Waals surface area contributed by atoms with Gasteiger partial charge in [-0.2, -0.15) is 0 Å². The molecule has 0 aromatic heterocycles. The minimum atomic E-state index is 0.417. The fourth-order valence-electron chi connectivity index (χ4n) is 0.183. The van der Waals surface area contributed by atoms with Gasteiger partial charge in [0.05, 0.1) is 13.2 Å². The highest BCUT2D eigenvalue weighted by Crippen LogP contribution is 1.65. The molecule has 0 saturated heterocycles. The van der Waals surface area contributed by atoms with Crippen molar-refractivity contribution in [3.63, 3.8) is 0 Å². The number of isocyanates is 2. The van der Waals surface area contributed by atoms with Crippen molar-refractivity contribution in [3.05, 3.63) is 0 Å². The van der Waals surface area contributed by atoms with E-state index >= 15 is 0 Å². The van der Waals surface area contributed by atoms with Crippen LogP contribution in [0.1, 0.15) is 0 Å². The number of aliphatic imine (C=N–C) groups is 1. The molecule has 0 radical (unpaired) electrons. The first-order valence-corrected chi connectivity index (χ1v) is 2.40. The zero-order chi connectivity index (χ0) is 8.24. The molecule has 0 unspecified atom stereocenters. The van der Waals surface area contributed by atoms with Gasteiger partial charge in [-0.25, -0.2) is 20.0 Å². The van der Waals surface area contributed by atoms with Crippen LogP contribution >= 0.6 is 0 Å². The lowest BCUT2D eigenvalue weighted by Crippen LogP contribution is -1.90. The molecule has 0 bridgehead atoms. The predicted molar refractivity (Wildman–Crippen MR) is 33.3 cm³/mol. The van der Waals surface area contributed by atoms with E-state index in [-0.39, 0.29) is 0 Å². The number of hydrogen-bond acceptors (Lipinski definition) is 5. The normalized spacial score (nSPS) is 6.10. The predicted octanol–water partition coefficient (Wildman–Crippen LogP) is -0.130. The number of ether oxygens (including phenoxy) is 1. The summed E-state index contributed by atoms with van der Waals surface area (Å²) in [7, 11) is 1.56. The molecule has 5 nitrogen and oxygen atoms in total. The largest absolute Gasteiger partial charge is 0.383 e. The van der Waals surface area contributed by atoms with E-state index in [4.69, 9.17) is 10.2 Å². The lowest BCUT2D eigenvalue weighted by molar-refractivity contribution is 0.208. The fourth-order valence-corrected chi connectivity index (χ4v) is 0.183. The van der Waals surface area contributed by atoms with Gasteiger partial charge in [0.25, 0.3) is 0 Å². The van der Waals surface area contributed by atoms with E-state index in [0.717, 1.165) is 6.08 Å². The van der Waals surface area contributed by atoms with Crippen molar-refractivity contribution in [1.29, 1.82) is 5.41 Å². The van der Waals surface area contributed by atoms with Crippen LogP contribution in [-0.2, 0) is 14.3 Å². The van der Waals surface area contributed by atoms with Gasteiger partial charge >= 0.3 is 0 Å². The second kappa shape index (κ2) is 15.6. The molecule has 0 heterocycles. The summed E-state index contributed by atoms with van der Waals surface area (Å²) in [5.41, 5.74) is 0. The molecular formula is C5H8N2O3. The summed E-state index contributed by atoms with van der Waals surface area (Å²) in [6, 6.07) is 0. The van der Waals surface area contributed by atoms with Crippen molar-refractivity contribution >= 4 is 12.2 Å². The van der Waals surface area contributed by atoms with Crippen molar-refractivity contribution in [1.82, 2.24) is 0 Å². The highest BCUT2D eigenvalue weighted by Gasteiger charge is 1.73. The highest BCUT2D eigenvalue weighted by atomic mass is 16.5. The Labute approximate surface area is 58.2 Å². The van der Waals surface area contributed by atoms with Crippen LogP contribution in [0.15, 0.2) is 4.99 Å². The minimum Gasteiger partial charge on any atom is -0.383 e. The Bertz CT molecular complexity index is 134. The first kappa shape index (κ1) is 11.5. The summed E-state index contributed by atoms with van der Waals surface area (Å²) in [6.07, 6.45) is 2.15. The molecule has 0 saturated carbocycles. The summed E-state index contributed by atoms with van der Waals surface area (Å²) in [4.78, 5) is 20.9. The second-order valence-corrected chi connectivity index (χ2v) is 1.07. The third kappa shape index (κ3) is 29.7. The third-order valence-electron chi connectivity index (χ3n) is 0.472. The molecule has 1 N–H and O–H groups in total. The van der Waals surface area contributed by atoms with Crippen molar-refractivity contribution in [2.45, 2.75) is 0 Å². The Kier molecular flexibility index (Phi) is 18.0. The average Bonchev–Trinajstić information content (AvgIpc) is 1.91. The summed E-state index contributed by atoms with van der Waals surface area (Å²) in [5.74, 6) is 0. The molecular weight excluding hydrogens is 136 g/mol. The van der Waals surface area contributed by atoms with Gasteiger partial charge in [-0.05, 0) is 0 Å². The van der Waals surface area contributed by atoms with E-state index in [0.29, 0.717) is 13.2 Å². The van der Waals surface area contributed by atoms with Crippen LogP contribution in [0.25, 0.3) is 0 Å². The Morgan fingerprint density at radius 1 is 1.60 bits per heavy atom. The molecule has 0 aliphatic carbocycles. The van der Waals surface area contributed by atoms with E-state index < -0.39 is 0 Å². The fraction of sp³-hybridized carbons (Fsp3) is 0.600. The molecule has 0 rings (SSSR count). The van der Waals surface area contributed by atoms with Gasteiger partial charge in [0, 0.05) is 7.11 Å². The molecule has 5 heteroatoms. The van der Waals surface area contributed by atoms with Gasteiger partial charge in [-0.1, -0.05) is 0 Å². The number of nitrogens with zero attached hydrogens (tertiary/aromatic N) is 1. The van der Waals surface area contributed by atoms with Gasteiger partial charge in [0.15, 0.2) is 0 Å². The first-order chi connectivity index (χ1) is 4.83. The highest BCUT2D eigenvalue weighted by molar-refractivity contribution is 5.32. The summed E-state index contributed by atoms with van der Waals surface area (Å²) in [6.45, 7) is 0.912. The summed E-state index contributed by atoms with van der Waals surface area (Å²) >= 11 is 0. The minimum absolute atomic E-state index is 0.417. The molecule has 0 aromatic carbocycles. The van der Waals surface area contributed by atoms with Crippen LogP contribution in [0, 0.1) is 5.41 Å². The van der Waals surface area contributed by atoms with Crippen molar-refractivity contribution in [2.75, 3.05) is 20.3 Å². The molecule has 0 aliphatic rings. The topological polar surface area (TPSA) is 79.6 Å². The summed E-state index contributed by atoms with van der Waals surface area (Å²) < 4.78 is 4.57. The standard InChI is InChI=1S/C4H7NO2.CHNO/c1-7-3-2-5-4-6;2-1-3/h2-3H2,1H3;2H. The number of carbonyl (C=O) groups excluding carboxylic acids is 2. The van der Waals surface area contributed by atoms with Gasteiger partial charge in [0.2, 0.25) is 12.2 Å². The molecule has 0 aliphatic heterocycles. The Hall–Kier alpha value is -1.28. The van der Waals surface area contributed by atoms with Crippen LogP contribution in [0.3, 0.4) is 0 Å². The smallest absolute Gasteiger partial charge is 0.235 e. The van der Waals surface area contributed by atoms with Crippen LogP contribution in [0.2, 0.25) is 0 Å². The zero-order valence-corrected chi connectivity index (χ0v) is 5.59. The molecule has 56 valence electrons. The molecule has 0 fully saturated rings. The molecule has 0 aromatic rings. The molecule has 10 heavy (non-hydrogen) atoms. The number of rotatable bonds is 3. The van der Waals surface area contributed by atoms with Crippen molar-refractivity contribution < 1.29 is 14.3 Å². The second-order valence-electron chi connectivity index (χ2n) is 1.07. The zero-order valence-electron chi connectivity index (χ0n) is 5.59. The average molecular weight is 144 g/mol. The number of nitrogens with one attached hydrogen (secondary N) is 1. The number of hydrogen-bond donors (Lipinski definition) is 1. The van der Waals surface area contributed by atoms with Crippen LogP contribution in [0.5, 0.6) is 0 Å². The lowest BCUT2D eigenvalue weighted by Gasteiger charge is -1.85. The van der Waals surface area contributed by atoms with Crippen LogP contribution in [-0.4, -0.2) is 32.4 Å². The number of methoxy groups -OCH3 is 1. The molecule has 0 atom stereocenters. The Balaban J connectivity index is 0. The Morgan fingerprint density at radius 2 is 2.10 bits per heavy atom. The van der Waals surface area contributed by atoms with Gasteiger partial charge in [-0.15, -0.1) is 0 Å². The quantitative estimate of drug-likeness (QED) is 0.340. The molecule has 0 amide bonds. The van der Waals surface area contributed by atoms with E-state index in [1.54, 1.807) is 7.11 Å². The Morgan fingerprint density at radius 3 is 2.40 bits per heavy atom. The molecule has 0 spiro atoms. The third-order valence-corrected chi connectivity index (χ3v) is 0.472. The SMILES string of the molecule is COCCN=C=O.N=C=O.